The summed E-state index contributed by atoms with van der Waals surface area (Å²) in [6.45, 7) is 2.53. The van der Waals surface area contributed by atoms with Crippen LogP contribution in [0.25, 0.3) is 17.0 Å². The summed E-state index contributed by atoms with van der Waals surface area (Å²) in [6, 6.07) is 14.8. The fourth-order valence-corrected chi connectivity index (χ4v) is 2.86. The average Bonchev–Trinajstić information content (AvgIpc) is 2.60. The van der Waals surface area contributed by atoms with E-state index in [1.165, 1.54) is 6.08 Å². The van der Waals surface area contributed by atoms with Gasteiger partial charge in [0, 0.05) is 27.1 Å². The lowest BCUT2D eigenvalue weighted by Gasteiger charge is -2.06. The molecule has 0 N–H and O–H groups in total. The first-order valence-corrected chi connectivity index (χ1v) is 8.95. The molecule has 0 aliphatic carbocycles. The summed E-state index contributed by atoms with van der Waals surface area (Å²) >= 11 is 9.62. The van der Waals surface area contributed by atoms with E-state index in [0.29, 0.717) is 22.9 Å². The lowest BCUT2D eigenvalue weighted by atomic mass is 10.1. The number of hydrogen-bond acceptors (Lipinski definition) is 3. The number of ketones is 1. The van der Waals surface area contributed by atoms with E-state index in [4.69, 9.17) is 16.3 Å². The van der Waals surface area contributed by atoms with Crippen molar-refractivity contribution in [3.8, 4) is 5.75 Å². The van der Waals surface area contributed by atoms with E-state index in [2.05, 4.69) is 20.9 Å². The zero-order chi connectivity index (χ0) is 17.8. The number of ether oxygens (including phenoxy) is 1. The third kappa shape index (κ3) is 4.27. The van der Waals surface area contributed by atoms with E-state index >= 15 is 0 Å². The summed E-state index contributed by atoms with van der Waals surface area (Å²) in [5, 5.41) is 1.28. The number of aromatic nitrogens is 1. The van der Waals surface area contributed by atoms with E-state index in [-0.39, 0.29) is 5.78 Å². The van der Waals surface area contributed by atoms with Crippen molar-refractivity contribution in [1.82, 2.24) is 4.98 Å². The smallest absolute Gasteiger partial charge is 0.185 e. The van der Waals surface area contributed by atoms with Crippen LogP contribution in [0.1, 0.15) is 22.8 Å². The Morgan fingerprint density at radius 2 is 1.96 bits per heavy atom. The number of carbonyl (C=O) groups excluding carboxylic acids is 1. The first-order valence-electron chi connectivity index (χ1n) is 7.78. The standard InChI is InChI=1S/C20H15BrClNO2/c1-2-25-17-9-5-14-11-15(20(22)23-18(14)12-17)6-10-19(24)13-3-7-16(21)8-4-13/h3-12H,2H2,1H3/b10-6+. The minimum absolute atomic E-state index is 0.0876. The quantitative estimate of drug-likeness (QED) is 0.293. The molecule has 3 rings (SSSR count). The van der Waals surface area contributed by atoms with Gasteiger partial charge >= 0.3 is 0 Å². The Morgan fingerprint density at radius 3 is 2.68 bits per heavy atom. The highest BCUT2D eigenvalue weighted by Gasteiger charge is 2.06. The van der Waals surface area contributed by atoms with Crippen LogP contribution in [0.5, 0.6) is 5.75 Å². The molecule has 0 aliphatic rings. The monoisotopic (exact) mass is 415 g/mol. The molecule has 25 heavy (non-hydrogen) atoms. The van der Waals surface area contributed by atoms with Crippen molar-refractivity contribution in [3.05, 3.63) is 75.4 Å². The van der Waals surface area contributed by atoms with Crippen LogP contribution in [0.2, 0.25) is 5.15 Å². The molecule has 126 valence electrons. The molecule has 0 spiro atoms. The van der Waals surface area contributed by atoms with Crippen molar-refractivity contribution >= 4 is 50.3 Å². The third-order valence-electron chi connectivity index (χ3n) is 3.62. The molecule has 5 heteroatoms. The van der Waals surface area contributed by atoms with Crippen molar-refractivity contribution in [3.63, 3.8) is 0 Å². The van der Waals surface area contributed by atoms with Crippen LogP contribution in [-0.2, 0) is 0 Å². The van der Waals surface area contributed by atoms with Gasteiger partial charge in [-0.3, -0.25) is 4.79 Å². The zero-order valence-corrected chi connectivity index (χ0v) is 15.8. The molecular formula is C20H15BrClNO2. The van der Waals surface area contributed by atoms with Gasteiger partial charge in [0.2, 0.25) is 0 Å². The normalized spacial score (nSPS) is 11.2. The Bertz CT molecular complexity index is 952. The first kappa shape index (κ1) is 17.6. The summed E-state index contributed by atoms with van der Waals surface area (Å²) in [4.78, 5) is 16.6. The summed E-state index contributed by atoms with van der Waals surface area (Å²) in [5.41, 5.74) is 2.07. The fraction of sp³-hybridized carbons (Fsp3) is 0.100. The number of rotatable bonds is 5. The van der Waals surface area contributed by atoms with Crippen molar-refractivity contribution in [2.75, 3.05) is 6.61 Å². The highest BCUT2D eigenvalue weighted by atomic mass is 79.9. The van der Waals surface area contributed by atoms with Crippen LogP contribution in [0, 0.1) is 0 Å². The molecule has 0 saturated carbocycles. The number of carbonyl (C=O) groups is 1. The molecule has 0 atom stereocenters. The van der Waals surface area contributed by atoms with E-state index in [1.54, 1.807) is 18.2 Å². The van der Waals surface area contributed by atoms with Crippen molar-refractivity contribution in [1.29, 1.82) is 0 Å². The van der Waals surface area contributed by atoms with Crippen LogP contribution in [0.3, 0.4) is 0 Å². The number of allylic oxidation sites excluding steroid dienone is 1. The Hall–Kier alpha value is -2.17. The lowest BCUT2D eigenvalue weighted by molar-refractivity contribution is 0.104. The summed E-state index contributed by atoms with van der Waals surface area (Å²) in [6.07, 6.45) is 3.20. The van der Waals surface area contributed by atoms with Gasteiger partial charge in [-0.1, -0.05) is 27.5 Å². The second-order valence-electron chi connectivity index (χ2n) is 5.36. The average molecular weight is 417 g/mol. The van der Waals surface area contributed by atoms with Crippen molar-refractivity contribution in [2.45, 2.75) is 6.92 Å². The fourth-order valence-electron chi connectivity index (χ4n) is 2.39. The van der Waals surface area contributed by atoms with Crippen LogP contribution in [-0.4, -0.2) is 17.4 Å². The summed E-state index contributed by atoms with van der Waals surface area (Å²) in [5.74, 6) is 0.669. The zero-order valence-electron chi connectivity index (χ0n) is 13.5. The molecule has 0 fully saturated rings. The van der Waals surface area contributed by atoms with Crippen molar-refractivity contribution < 1.29 is 9.53 Å². The SMILES string of the molecule is CCOc1ccc2cc(/C=C/C(=O)c3ccc(Br)cc3)c(Cl)nc2c1. The number of benzene rings is 2. The van der Waals surface area contributed by atoms with E-state index in [0.717, 1.165) is 21.1 Å². The maximum atomic E-state index is 12.2. The van der Waals surface area contributed by atoms with E-state index < -0.39 is 0 Å². The highest BCUT2D eigenvalue weighted by Crippen LogP contribution is 2.25. The predicted octanol–water partition coefficient (Wildman–Crippen LogP) is 5.95. The molecule has 1 aromatic heterocycles. The highest BCUT2D eigenvalue weighted by molar-refractivity contribution is 9.10. The van der Waals surface area contributed by atoms with Gasteiger partial charge < -0.3 is 4.74 Å². The van der Waals surface area contributed by atoms with E-state index in [1.807, 2.05) is 43.3 Å². The molecule has 0 unspecified atom stereocenters. The Kier molecular flexibility index (Phi) is 5.51. The molecule has 3 nitrogen and oxygen atoms in total. The third-order valence-corrected chi connectivity index (χ3v) is 4.46. The Balaban J connectivity index is 1.87. The predicted molar refractivity (Wildman–Crippen MR) is 105 cm³/mol. The maximum absolute atomic E-state index is 12.2. The summed E-state index contributed by atoms with van der Waals surface area (Å²) < 4.78 is 6.41. The molecular weight excluding hydrogens is 402 g/mol. The minimum atomic E-state index is -0.0876. The van der Waals surface area contributed by atoms with Gasteiger partial charge in [-0.2, -0.15) is 0 Å². The first-order chi connectivity index (χ1) is 12.1. The molecule has 2 aromatic carbocycles. The molecule has 0 saturated heterocycles. The van der Waals surface area contributed by atoms with Crippen molar-refractivity contribution in [2.24, 2.45) is 0 Å². The van der Waals surface area contributed by atoms with Gasteiger partial charge in [-0.05, 0) is 61.5 Å². The van der Waals surface area contributed by atoms with Gasteiger partial charge in [-0.25, -0.2) is 4.98 Å². The van der Waals surface area contributed by atoms with Gasteiger partial charge in [0.05, 0.1) is 12.1 Å². The largest absolute Gasteiger partial charge is 0.494 e. The molecule has 0 aliphatic heterocycles. The van der Waals surface area contributed by atoms with Gasteiger partial charge in [0.25, 0.3) is 0 Å². The van der Waals surface area contributed by atoms with Gasteiger partial charge in [-0.15, -0.1) is 0 Å². The lowest BCUT2D eigenvalue weighted by Crippen LogP contribution is -1.94. The molecule has 0 amide bonds. The minimum Gasteiger partial charge on any atom is -0.494 e. The molecule has 1 heterocycles. The van der Waals surface area contributed by atoms with Crippen LogP contribution in [0.15, 0.2) is 59.1 Å². The second-order valence-corrected chi connectivity index (χ2v) is 6.63. The second kappa shape index (κ2) is 7.81. The van der Waals surface area contributed by atoms with E-state index in [9.17, 15) is 4.79 Å². The van der Waals surface area contributed by atoms with Crippen LogP contribution < -0.4 is 4.74 Å². The number of hydrogen-bond donors (Lipinski definition) is 0. The summed E-state index contributed by atoms with van der Waals surface area (Å²) in [7, 11) is 0. The van der Waals surface area contributed by atoms with Crippen LogP contribution in [0.4, 0.5) is 0 Å². The van der Waals surface area contributed by atoms with Crippen LogP contribution >= 0.6 is 27.5 Å². The number of fused-ring (bicyclic) bond motifs is 1. The maximum Gasteiger partial charge on any atom is 0.185 e. The molecule has 3 aromatic rings. The number of nitrogens with zero attached hydrogens (tertiary/aromatic N) is 1. The van der Waals surface area contributed by atoms with Gasteiger partial charge in [0.15, 0.2) is 5.78 Å². The van der Waals surface area contributed by atoms with Gasteiger partial charge in [0.1, 0.15) is 10.9 Å². The Labute approximate surface area is 159 Å². The number of halogens is 2. The Morgan fingerprint density at radius 1 is 1.20 bits per heavy atom. The molecule has 0 bridgehead atoms. The molecule has 0 radical (unpaired) electrons. The topological polar surface area (TPSA) is 39.2 Å². The number of pyridine rings is 1.